The van der Waals surface area contributed by atoms with Gasteiger partial charge in [-0.3, -0.25) is 0 Å². The Labute approximate surface area is 263 Å². The van der Waals surface area contributed by atoms with Crippen molar-refractivity contribution in [1.29, 1.82) is 0 Å². The normalized spacial score (nSPS) is 15.8. The molecule has 0 aromatic carbocycles. The molecule has 238 valence electrons. The molecule has 0 spiro atoms. The van der Waals surface area contributed by atoms with E-state index in [-0.39, 0.29) is 5.60 Å². The van der Waals surface area contributed by atoms with Crippen LogP contribution in [0, 0.1) is 11.8 Å². The Balaban J connectivity index is 4.29. The van der Waals surface area contributed by atoms with E-state index in [9.17, 15) is 0 Å². The average Bonchev–Trinajstić information content (AvgIpc) is 2.91. The number of ether oxygens (including phenoxy) is 1. The molecule has 0 N–H and O–H groups in total. The molecule has 0 aliphatic rings. The van der Waals surface area contributed by atoms with Gasteiger partial charge in [0.15, 0.2) is 0 Å². The summed E-state index contributed by atoms with van der Waals surface area (Å²) >= 11 is 0. The van der Waals surface area contributed by atoms with Crippen LogP contribution >= 0.6 is 0 Å². The monoisotopic (exact) mass is 577 g/mol. The minimum Gasteiger partial charge on any atom is -0.378 e. The van der Waals surface area contributed by atoms with Gasteiger partial charge in [-0.15, -0.1) is 0 Å². The lowest BCUT2D eigenvalue weighted by molar-refractivity contribution is 0.0255. The molecular formula is C41H68O. The molecule has 0 aliphatic carbocycles. The third kappa shape index (κ3) is 25.6. The molecule has 0 bridgehead atoms. The summed E-state index contributed by atoms with van der Waals surface area (Å²) < 4.78 is 5.46. The summed E-state index contributed by atoms with van der Waals surface area (Å²) in [6.45, 7) is 22.4. The van der Waals surface area contributed by atoms with E-state index in [1.165, 1.54) is 68.1 Å². The van der Waals surface area contributed by atoms with E-state index in [0.29, 0.717) is 0 Å². The maximum absolute atomic E-state index is 5.46. The van der Waals surface area contributed by atoms with E-state index in [1.807, 2.05) is 0 Å². The quantitative estimate of drug-likeness (QED) is 0.0707. The van der Waals surface area contributed by atoms with Gasteiger partial charge in [-0.1, -0.05) is 128 Å². The summed E-state index contributed by atoms with van der Waals surface area (Å²) in [5.41, 5.74) is 6.83. The Bertz CT molecular complexity index is 955. The molecule has 0 aromatic rings. The highest BCUT2D eigenvalue weighted by atomic mass is 16.5. The maximum atomic E-state index is 5.46. The van der Waals surface area contributed by atoms with E-state index in [1.54, 1.807) is 18.3 Å². The van der Waals surface area contributed by atoms with E-state index in [0.717, 1.165) is 31.1 Å². The van der Waals surface area contributed by atoms with Crippen LogP contribution in [0.1, 0.15) is 140 Å². The van der Waals surface area contributed by atoms with Crippen LogP contribution < -0.4 is 0 Å². The molecule has 0 saturated heterocycles. The molecule has 1 heteroatoms. The smallest absolute Gasteiger partial charge is 0.0657 e. The van der Waals surface area contributed by atoms with Crippen molar-refractivity contribution < 1.29 is 4.74 Å². The van der Waals surface area contributed by atoms with Gasteiger partial charge in [0.05, 0.1) is 5.60 Å². The predicted octanol–water partition coefficient (Wildman–Crippen LogP) is 13.4. The van der Waals surface area contributed by atoms with Gasteiger partial charge < -0.3 is 4.74 Å². The summed E-state index contributed by atoms with van der Waals surface area (Å²) in [7, 11) is 1.76. The summed E-state index contributed by atoms with van der Waals surface area (Å²) in [5, 5.41) is 0. The second-order valence-electron chi connectivity index (χ2n) is 13.6. The van der Waals surface area contributed by atoms with Crippen LogP contribution in [0.4, 0.5) is 0 Å². The predicted molar refractivity (Wildman–Crippen MR) is 192 cm³/mol. The number of unbranched alkanes of at least 4 members (excludes halogenated alkanes) is 1. The van der Waals surface area contributed by atoms with Crippen LogP contribution in [-0.4, -0.2) is 12.7 Å². The summed E-state index contributed by atoms with van der Waals surface area (Å²) in [4.78, 5) is 0. The summed E-state index contributed by atoms with van der Waals surface area (Å²) in [6, 6.07) is 0. The zero-order chi connectivity index (χ0) is 31.8. The van der Waals surface area contributed by atoms with Crippen molar-refractivity contribution in [3.8, 4) is 0 Å². The highest BCUT2D eigenvalue weighted by Crippen LogP contribution is 2.19. The third-order valence-electron chi connectivity index (χ3n) is 7.88. The highest BCUT2D eigenvalue weighted by molar-refractivity contribution is 5.30. The molecule has 0 amide bonds. The lowest BCUT2D eigenvalue weighted by Gasteiger charge is -2.20. The van der Waals surface area contributed by atoms with Crippen molar-refractivity contribution in [3.63, 3.8) is 0 Å². The first kappa shape index (κ1) is 39.9. The van der Waals surface area contributed by atoms with Crippen molar-refractivity contribution >= 4 is 0 Å². The first-order valence-electron chi connectivity index (χ1n) is 16.7. The minimum atomic E-state index is -0.108. The topological polar surface area (TPSA) is 9.23 Å². The van der Waals surface area contributed by atoms with Crippen molar-refractivity contribution in [2.24, 2.45) is 11.8 Å². The molecule has 0 fully saturated rings. The largest absolute Gasteiger partial charge is 0.378 e. The number of hydrogen-bond donors (Lipinski definition) is 0. The Morgan fingerprint density at radius 3 is 1.76 bits per heavy atom. The molecule has 1 nitrogen and oxygen atoms in total. The lowest BCUT2D eigenvalue weighted by Crippen LogP contribution is -2.20. The van der Waals surface area contributed by atoms with Crippen LogP contribution in [0.2, 0.25) is 0 Å². The van der Waals surface area contributed by atoms with Crippen molar-refractivity contribution in [2.45, 2.75) is 145 Å². The van der Waals surface area contributed by atoms with Gasteiger partial charge in [0.2, 0.25) is 0 Å². The molecule has 1 unspecified atom stereocenters. The zero-order valence-corrected chi connectivity index (χ0v) is 29.7. The second-order valence-corrected chi connectivity index (χ2v) is 13.6. The Morgan fingerprint density at radius 1 is 0.643 bits per heavy atom. The molecule has 0 aliphatic heterocycles. The standard InChI is InChI=1S/C41H68O/c1-34(2)20-14-23-37(5)26-17-29-38(6)27-15-24-35(3)21-12-13-22-36(4)25-16-28-39(7)30-18-31-40(8)32-19-33-41(9,10)42-11/h16,18-19,21-22,25-26,28,30-32,34,38H,12-15,17,20,23-24,27,29,33H2,1-11H3/b25-16+,30-18+,32-19+,35-21+,36-22-,37-26+,39-28+,40-31+. The van der Waals surface area contributed by atoms with Gasteiger partial charge in [-0.05, 0) is 118 Å². The Kier molecular flexibility index (Phi) is 23.1. The Morgan fingerprint density at radius 2 is 1.17 bits per heavy atom. The van der Waals surface area contributed by atoms with Gasteiger partial charge in [0.1, 0.15) is 0 Å². The van der Waals surface area contributed by atoms with Gasteiger partial charge in [-0.25, -0.2) is 0 Å². The fourth-order valence-electron chi connectivity index (χ4n) is 4.62. The maximum Gasteiger partial charge on any atom is 0.0657 e. The van der Waals surface area contributed by atoms with Crippen molar-refractivity contribution in [2.75, 3.05) is 7.11 Å². The molecule has 0 rings (SSSR count). The molecule has 42 heavy (non-hydrogen) atoms. The van der Waals surface area contributed by atoms with Crippen LogP contribution in [0.25, 0.3) is 0 Å². The number of rotatable bonds is 22. The fourth-order valence-corrected chi connectivity index (χ4v) is 4.62. The van der Waals surface area contributed by atoms with Crippen LogP contribution in [0.15, 0.2) is 94.7 Å². The molecule has 0 saturated carbocycles. The van der Waals surface area contributed by atoms with Crippen molar-refractivity contribution in [1.82, 2.24) is 0 Å². The van der Waals surface area contributed by atoms with Gasteiger partial charge in [0, 0.05) is 7.11 Å². The number of methoxy groups -OCH3 is 1. The second kappa shape index (κ2) is 24.3. The number of hydrogen-bond acceptors (Lipinski definition) is 1. The van der Waals surface area contributed by atoms with Crippen LogP contribution in [0.5, 0.6) is 0 Å². The van der Waals surface area contributed by atoms with Gasteiger partial charge in [-0.2, -0.15) is 0 Å². The highest BCUT2D eigenvalue weighted by Gasteiger charge is 2.12. The van der Waals surface area contributed by atoms with Gasteiger partial charge >= 0.3 is 0 Å². The lowest BCUT2D eigenvalue weighted by atomic mass is 9.96. The summed E-state index contributed by atoms with van der Waals surface area (Å²) in [5.74, 6) is 1.65. The third-order valence-corrected chi connectivity index (χ3v) is 7.88. The van der Waals surface area contributed by atoms with E-state index >= 15 is 0 Å². The molecule has 1 atom stereocenters. The molecule has 0 radical (unpaired) electrons. The molecule has 0 aromatic heterocycles. The number of allylic oxidation sites excluding steroid dienone is 15. The first-order chi connectivity index (χ1) is 19.8. The van der Waals surface area contributed by atoms with E-state index in [2.05, 4.69) is 136 Å². The van der Waals surface area contributed by atoms with Crippen molar-refractivity contribution in [3.05, 3.63) is 94.7 Å². The molecular weight excluding hydrogens is 508 g/mol. The SMILES string of the molecule is COC(C)(C)C/C=C/C(C)=C/C=C/C(C)=C/C=C/C(C)=C\CC/C=C(\C)CCCC(C)CC/C=C(\C)CCCC(C)C. The van der Waals surface area contributed by atoms with Crippen LogP contribution in [-0.2, 0) is 4.74 Å². The van der Waals surface area contributed by atoms with Crippen LogP contribution in [0.3, 0.4) is 0 Å². The van der Waals surface area contributed by atoms with E-state index in [4.69, 9.17) is 4.74 Å². The fraction of sp³-hybridized carbons (Fsp3) is 0.610. The Hall–Kier alpha value is -2.12. The van der Waals surface area contributed by atoms with Gasteiger partial charge in [0.25, 0.3) is 0 Å². The minimum absolute atomic E-state index is 0.108. The summed E-state index contributed by atoms with van der Waals surface area (Å²) in [6.07, 6.45) is 38.2. The first-order valence-corrected chi connectivity index (χ1v) is 16.7. The average molecular weight is 577 g/mol. The van der Waals surface area contributed by atoms with E-state index < -0.39 is 0 Å². The zero-order valence-electron chi connectivity index (χ0n) is 29.7. The molecule has 0 heterocycles.